The molecule has 8 nitrogen and oxygen atoms in total. The van der Waals surface area contributed by atoms with Crippen molar-refractivity contribution in [1.29, 1.82) is 0 Å². The van der Waals surface area contributed by atoms with Gasteiger partial charge in [-0.05, 0) is 32.0 Å². The second kappa shape index (κ2) is 6.60. The van der Waals surface area contributed by atoms with Crippen LogP contribution in [0.1, 0.15) is 37.9 Å². The predicted octanol–water partition coefficient (Wildman–Crippen LogP) is 2.11. The minimum Gasteiger partial charge on any atom is -0.478 e. The zero-order valence-electron chi connectivity index (χ0n) is 13.7. The van der Waals surface area contributed by atoms with Crippen LogP contribution in [0, 0.1) is 13.8 Å². The number of hydrogen-bond donors (Lipinski definition) is 2. The maximum absolute atomic E-state index is 12.4. The Morgan fingerprint density at radius 1 is 1.24 bits per heavy atom. The van der Waals surface area contributed by atoms with Crippen LogP contribution in [0.5, 0.6) is 0 Å². The Kier molecular flexibility index (Phi) is 4.34. The van der Waals surface area contributed by atoms with Crippen molar-refractivity contribution in [2.24, 2.45) is 0 Å². The molecule has 3 rings (SSSR count). The second-order valence-corrected chi connectivity index (χ2v) is 5.43. The first-order valence-corrected chi connectivity index (χ1v) is 7.53. The number of aryl methyl sites for hydroxylation is 1. The number of nitrogens with zero attached hydrogens (tertiary/aromatic N) is 3. The van der Waals surface area contributed by atoms with Gasteiger partial charge in [-0.25, -0.2) is 9.48 Å². The van der Waals surface area contributed by atoms with Gasteiger partial charge in [-0.15, -0.1) is 0 Å². The highest BCUT2D eigenvalue weighted by molar-refractivity contribution is 5.95. The summed E-state index contributed by atoms with van der Waals surface area (Å²) in [6.07, 6.45) is 4.78. The quantitative estimate of drug-likeness (QED) is 0.736. The Morgan fingerprint density at radius 2 is 1.96 bits per heavy atom. The summed E-state index contributed by atoms with van der Waals surface area (Å²) in [5.41, 5.74) is 2.01. The molecule has 3 heterocycles. The molecule has 2 N–H and O–H groups in total. The number of rotatable bonds is 5. The van der Waals surface area contributed by atoms with Gasteiger partial charge < -0.3 is 14.8 Å². The van der Waals surface area contributed by atoms with Crippen LogP contribution in [0.3, 0.4) is 0 Å². The molecule has 0 atom stereocenters. The molecule has 0 spiro atoms. The molecule has 3 aromatic rings. The summed E-state index contributed by atoms with van der Waals surface area (Å²) in [4.78, 5) is 27.3. The molecular formula is C17H16N4O4. The lowest BCUT2D eigenvalue weighted by Crippen LogP contribution is -2.23. The van der Waals surface area contributed by atoms with E-state index in [-0.39, 0.29) is 18.0 Å². The van der Waals surface area contributed by atoms with Crippen molar-refractivity contribution in [3.05, 3.63) is 65.1 Å². The molecule has 0 radical (unpaired) electrons. The number of aromatic carboxylic acids is 1. The average molecular weight is 340 g/mol. The summed E-state index contributed by atoms with van der Waals surface area (Å²) in [5, 5.41) is 16.0. The zero-order chi connectivity index (χ0) is 18.0. The average Bonchev–Trinajstić information content (AvgIpc) is 3.16. The molecule has 0 aliphatic heterocycles. The van der Waals surface area contributed by atoms with Crippen LogP contribution in [0.25, 0.3) is 5.69 Å². The van der Waals surface area contributed by atoms with E-state index in [4.69, 9.17) is 9.52 Å². The van der Waals surface area contributed by atoms with Crippen molar-refractivity contribution >= 4 is 11.9 Å². The summed E-state index contributed by atoms with van der Waals surface area (Å²) in [6.45, 7) is 3.45. The summed E-state index contributed by atoms with van der Waals surface area (Å²) in [5.74, 6) is -0.696. The van der Waals surface area contributed by atoms with Crippen molar-refractivity contribution in [3.63, 3.8) is 0 Å². The Bertz CT molecular complexity index is 928. The number of nitrogens with one attached hydrogen (secondary N) is 1. The summed E-state index contributed by atoms with van der Waals surface area (Å²) >= 11 is 0. The first-order chi connectivity index (χ1) is 12.0. The number of furan rings is 1. The van der Waals surface area contributed by atoms with E-state index in [9.17, 15) is 9.59 Å². The Balaban J connectivity index is 1.73. The topological polar surface area (TPSA) is 110 Å². The van der Waals surface area contributed by atoms with Gasteiger partial charge in [-0.2, -0.15) is 5.10 Å². The highest BCUT2D eigenvalue weighted by atomic mass is 16.4. The standard InChI is InChI=1S/C17H16N4O4/c1-10-15(9-20-21(10)12-3-5-18-6-4-12)16(22)19-8-13-7-14(17(23)24)11(2)25-13/h3-7,9H,8H2,1-2H3,(H,19,22)(H,23,24). The zero-order valence-corrected chi connectivity index (χ0v) is 13.7. The van der Waals surface area contributed by atoms with E-state index >= 15 is 0 Å². The highest BCUT2D eigenvalue weighted by Crippen LogP contribution is 2.16. The summed E-state index contributed by atoms with van der Waals surface area (Å²) < 4.78 is 6.99. The van der Waals surface area contributed by atoms with Crippen molar-refractivity contribution in [2.45, 2.75) is 20.4 Å². The van der Waals surface area contributed by atoms with Gasteiger partial charge in [0.15, 0.2) is 0 Å². The lowest BCUT2D eigenvalue weighted by molar-refractivity contribution is 0.0694. The molecule has 0 saturated carbocycles. The molecule has 0 aliphatic carbocycles. The van der Waals surface area contributed by atoms with E-state index < -0.39 is 5.97 Å². The monoisotopic (exact) mass is 340 g/mol. The number of carboxylic acid groups (broad SMARTS) is 1. The molecule has 0 unspecified atom stereocenters. The SMILES string of the molecule is Cc1oc(CNC(=O)c2cnn(-c3ccncc3)c2C)cc1C(=O)O. The van der Waals surface area contributed by atoms with Crippen molar-refractivity contribution in [1.82, 2.24) is 20.1 Å². The van der Waals surface area contributed by atoms with Gasteiger partial charge in [-0.3, -0.25) is 9.78 Å². The molecule has 1 amide bonds. The Labute approximate surface area is 143 Å². The van der Waals surface area contributed by atoms with Crippen LogP contribution in [-0.2, 0) is 6.54 Å². The number of aromatic nitrogens is 3. The second-order valence-electron chi connectivity index (χ2n) is 5.43. The van der Waals surface area contributed by atoms with Gasteiger partial charge in [0.2, 0.25) is 0 Å². The fourth-order valence-electron chi connectivity index (χ4n) is 2.48. The summed E-state index contributed by atoms with van der Waals surface area (Å²) in [6, 6.07) is 4.99. The molecule has 0 fully saturated rings. The number of carbonyl (C=O) groups is 2. The number of hydrogen-bond acceptors (Lipinski definition) is 5. The molecule has 0 saturated heterocycles. The largest absolute Gasteiger partial charge is 0.478 e. The van der Waals surface area contributed by atoms with Gasteiger partial charge in [0.1, 0.15) is 17.1 Å². The third-order valence-electron chi connectivity index (χ3n) is 3.78. The van der Waals surface area contributed by atoms with E-state index in [1.807, 2.05) is 0 Å². The molecule has 8 heteroatoms. The van der Waals surface area contributed by atoms with Gasteiger partial charge in [-0.1, -0.05) is 0 Å². The minimum atomic E-state index is -1.06. The highest BCUT2D eigenvalue weighted by Gasteiger charge is 2.17. The molecule has 128 valence electrons. The minimum absolute atomic E-state index is 0.0888. The third-order valence-corrected chi connectivity index (χ3v) is 3.78. The van der Waals surface area contributed by atoms with Crippen LogP contribution in [0.2, 0.25) is 0 Å². The van der Waals surface area contributed by atoms with E-state index in [1.165, 1.54) is 12.3 Å². The molecule has 0 aliphatic rings. The number of amides is 1. The maximum Gasteiger partial charge on any atom is 0.339 e. The smallest absolute Gasteiger partial charge is 0.339 e. The molecule has 0 aromatic carbocycles. The van der Waals surface area contributed by atoms with Crippen LogP contribution in [0.15, 0.2) is 41.2 Å². The van der Waals surface area contributed by atoms with Gasteiger partial charge in [0.25, 0.3) is 5.91 Å². The van der Waals surface area contributed by atoms with Crippen molar-refractivity contribution < 1.29 is 19.1 Å². The lowest BCUT2D eigenvalue weighted by Gasteiger charge is -2.05. The normalized spacial score (nSPS) is 10.6. The number of carbonyl (C=O) groups excluding carboxylic acids is 1. The van der Waals surface area contributed by atoms with Crippen molar-refractivity contribution in [2.75, 3.05) is 0 Å². The lowest BCUT2D eigenvalue weighted by atomic mass is 10.2. The van der Waals surface area contributed by atoms with Gasteiger partial charge >= 0.3 is 5.97 Å². The fourth-order valence-corrected chi connectivity index (χ4v) is 2.48. The third kappa shape index (κ3) is 3.27. The van der Waals surface area contributed by atoms with E-state index in [0.717, 1.165) is 5.69 Å². The summed E-state index contributed by atoms with van der Waals surface area (Å²) in [7, 11) is 0. The van der Waals surface area contributed by atoms with Gasteiger partial charge in [0, 0.05) is 12.4 Å². The fraction of sp³-hybridized carbons (Fsp3) is 0.176. The molecule has 25 heavy (non-hydrogen) atoms. The van der Waals surface area contributed by atoms with E-state index in [0.29, 0.717) is 22.8 Å². The van der Waals surface area contributed by atoms with Crippen LogP contribution < -0.4 is 5.32 Å². The number of carboxylic acids is 1. The molecule has 0 bridgehead atoms. The van der Waals surface area contributed by atoms with E-state index in [2.05, 4.69) is 15.4 Å². The van der Waals surface area contributed by atoms with Crippen LogP contribution in [-0.4, -0.2) is 31.7 Å². The molecule has 3 aromatic heterocycles. The maximum atomic E-state index is 12.4. The van der Waals surface area contributed by atoms with Crippen LogP contribution >= 0.6 is 0 Å². The van der Waals surface area contributed by atoms with E-state index in [1.54, 1.807) is 43.1 Å². The first kappa shape index (κ1) is 16.4. The Hall–Kier alpha value is -3.42. The first-order valence-electron chi connectivity index (χ1n) is 7.53. The predicted molar refractivity (Wildman–Crippen MR) is 87.7 cm³/mol. The van der Waals surface area contributed by atoms with Gasteiger partial charge in [0.05, 0.1) is 29.7 Å². The van der Waals surface area contributed by atoms with Crippen molar-refractivity contribution in [3.8, 4) is 5.69 Å². The molecular weight excluding hydrogens is 324 g/mol. The van der Waals surface area contributed by atoms with Crippen LogP contribution in [0.4, 0.5) is 0 Å². The Morgan fingerprint density at radius 3 is 2.60 bits per heavy atom. The number of pyridine rings is 1.